The molecule has 7 nitrogen and oxygen atoms in total. The predicted octanol–water partition coefficient (Wildman–Crippen LogP) is -2.10. The zero-order chi connectivity index (χ0) is 10.7. The molecule has 0 saturated carbocycles. The average Bonchev–Trinajstić information content (AvgIpc) is 2.19. The smallest absolute Gasteiger partial charge is 0.186 e. The molecule has 0 aromatic heterocycles. The summed E-state index contributed by atoms with van der Waals surface area (Å²) in [5.74, 6) is 0. The van der Waals surface area contributed by atoms with Crippen molar-refractivity contribution in [1.82, 2.24) is 0 Å². The lowest BCUT2D eigenvalue weighted by atomic mass is 10.00. The molecule has 0 aromatic carbocycles. The lowest BCUT2D eigenvalue weighted by Crippen LogP contribution is -2.58. The Bertz CT molecular complexity index is 208. The van der Waals surface area contributed by atoms with Gasteiger partial charge in [-0.15, -0.1) is 0 Å². The number of methoxy groups -OCH3 is 1. The molecular formula is C7H13NO6. The second-order valence-corrected chi connectivity index (χ2v) is 2.94. The van der Waals surface area contributed by atoms with Crippen molar-refractivity contribution in [2.75, 3.05) is 7.11 Å². The van der Waals surface area contributed by atoms with Gasteiger partial charge in [0, 0.05) is 7.11 Å². The summed E-state index contributed by atoms with van der Waals surface area (Å²) < 4.78 is 9.69. The molecule has 0 aliphatic carbocycles. The Balaban J connectivity index is 2.73. The Hall–Kier alpha value is -0.730. The van der Waals surface area contributed by atoms with Gasteiger partial charge in [-0.3, -0.25) is 0 Å². The van der Waals surface area contributed by atoms with Crippen LogP contribution in [0.15, 0.2) is 5.16 Å². The third-order valence-corrected chi connectivity index (χ3v) is 2.05. The predicted molar refractivity (Wildman–Crippen MR) is 44.0 cm³/mol. The van der Waals surface area contributed by atoms with Crippen molar-refractivity contribution < 1.29 is 30.0 Å². The maximum atomic E-state index is 9.36. The van der Waals surface area contributed by atoms with Crippen molar-refractivity contribution >= 4 is 6.21 Å². The van der Waals surface area contributed by atoms with Crippen LogP contribution >= 0.6 is 0 Å². The van der Waals surface area contributed by atoms with E-state index in [-0.39, 0.29) is 0 Å². The Morgan fingerprint density at radius 2 is 1.86 bits per heavy atom. The fourth-order valence-electron chi connectivity index (χ4n) is 1.26. The van der Waals surface area contributed by atoms with Gasteiger partial charge in [0.15, 0.2) is 6.29 Å². The summed E-state index contributed by atoms with van der Waals surface area (Å²) in [5.41, 5.74) is 0. The normalized spacial score (nSPS) is 44.4. The molecule has 4 N–H and O–H groups in total. The molecule has 14 heavy (non-hydrogen) atoms. The zero-order valence-corrected chi connectivity index (χ0v) is 7.52. The minimum Gasteiger partial charge on any atom is -0.411 e. The van der Waals surface area contributed by atoms with E-state index in [2.05, 4.69) is 5.16 Å². The van der Waals surface area contributed by atoms with Crippen molar-refractivity contribution in [2.45, 2.75) is 30.7 Å². The van der Waals surface area contributed by atoms with E-state index in [9.17, 15) is 15.3 Å². The maximum absolute atomic E-state index is 9.36. The van der Waals surface area contributed by atoms with Gasteiger partial charge in [-0.05, 0) is 0 Å². The molecule has 1 aliphatic heterocycles. The molecule has 1 fully saturated rings. The summed E-state index contributed by atoms with van der Waals surface area (Å²) in [6.45, 7) is 0. The van der Waals surface area contributed by atoms with Gasteiger partial charge in [-0.2, -0.15) is 0 Å². The number of aliphatic hydroxyl groups excluding tert-OH is 3. The van der Waals surface area contributed by atoms with Crippen LogP contribution in [0, 0.1) is 0 Å². The summed E-state index contributed by atoms with van der Waals surface area (Å²) in [6, 6.07) is 0. The first-order chi connectivity index (χ1) is 6.61. The third kappa shape index (κ3) is 2.02. The molecule has 1 heterocycles. The van der Waals surface area contributed by atoms with Gasteiger partial charge in [0.1, 0.15) is 24.4 Å². The lowest BCUT2D eigenvalue weighted by molar-refractivity contribution is -0.274. The summed E-state index contributed by atoms with van der Waals surface area (Å²) >= 11 is 0. The SMILES string of the molecule is COC1OC(C=NO)C(O)C(O)C1O. The van der Waals surface area contributed by atoms with Crippen molar-refractivity contribution in [3.8, 4) is 0 Å². The van der Waals surface area contributed by atoms with Crippen molar-refractivity contribution in [1.29, 1.82) is 0 Å². The van der Waals surface area contributed by atoms with Crippen LogP contribution in [0.1, 0.15) is 0 Å². The van der Waals surface area contributed by atoms with Gasteiger partial charge in [-0.25, -0.2) is 0 Å². The second-order valence-electron chi connectivity index (χ2n) is 2.94. The number of oxime groups is 1. The van der Waals surface area contributed by atoms with E-state index in [4.69, 9.17) is 14.7 Å². The minimum atomic E-state index is -1.41. The van der Waals surface area contributed by atoms with Crippen molar-refractivity contribution in [3.63, 3.8) is 0 Å². The van der Waals surface area contributed by atoms with Gasteiger partial charge >= 0.3 is 0 Å². The van der Waals surface area contributed by atoms with Crippen molar-refractivity contribution in [3.05, 3.63) is 0 Å². The van der Waals surface area contributed by atoms with E-state index < -0.39 is 30.7 Å². The van der Waals surface area contributed by atoms with E-state index in [1.807, 2.05) is 0 Å². The summed E-state index contributed by atoms with van der Waals surface area (Å²) in [4.78, 5) is 0. The first kappa shape index (κ1) is 11.3. The molecule has 1 rings (SSSR count). The Morgan fingerprint density at radius 1 is 1.21 bits per heavy atom. The second kappa shape index (κ2) is 4.67. The molecule has 5 atom stereocenters. The number of hydrogen-bond donors (Lipinski definition) is 4. The summed E-state index contributed by atoms with van der Waals surface area (Å²) in [5, 5.41) is 38.9. The standard InChI is InChI=1S/C7H13NO6/c1-13-7-6(11)5(10)4(9)3(14-7)2-8-12/h2-7,9-12H,1H3. The summed E-state index contributed by atoms with van der Waals surface area (Å²) in [6.07, 6.45) is -5.26. The molecule has 1 aliphatic rings. The Labute approximate surface area is 80.2 Å². The molecule has 82 valence electrons. The van der Waals surface area contributed by atoms with Crippen LogP contribution in [-0.4, -0.2) is 64.6 Å². The molecule has 0 spiro atoms. The van der Waals surface area contributed by atoms with E-state index >= 15 is 0 Å². The van der Waals surface area contributed by atoms with Crippen molar-refractivity contribution in [2.24, 2.45) is 5.16 Å². The number of hydrogen-bond acceptors (Lipinski definition) is 7. The van der Waals surface area contributed by atoms with Crippen LogP contribution in [0.4, 0.5) is 0 Å². The molecule has 0 radical (unpaired) electrons. The Kier molecular flexibility index (Phi) is 3.78. The van der Waals surface area contributed by atoms with Crippen LogP contribution < -0.4 is 0 Å². The van der Waals surface area contributed by atoms with Gasteiger partial charge in [0.2, 0.25) is 0 Å². The fourth-order valence-corrected chi connectivity index (χ4v) is 1.26. The number of aliphatic hydroxyl groups is 3. The molecule has 0 bridgehead atoms. The summed E-state index contributed by atoms with van der Waals surface area (Å²) in [7, 11) is 1.28. The molecule has 1 saturated heterocycles. The van der Waals surface area contributed by atoms with E-state index in [0.29, 0.717) is 0 Å². The van der Waals surface area contributed by atoms with Crippen LogP contribution in [0.25, 0.3) is 0 Å². The molecule has 0 amide bonds. The highest BCUT2D eigenvalue weighted by Crippen LogP contribution is 2.20. The quantitative estimate of drug-likeness (QED) is 0.234. The van der Waals surface area contributed by atoms with Crippen LogP contribution in [0.5, 0.6) is 0 Å². The van der Waals surface area contributed by atoms with Gasteiger partial charge in [0.05, 0.1) is 6.21 Å². The largest absolute Gasteiger partial charge is 0.411 e. The number of rotatable bonds is 2. The zero-order valence-electron chi connectivity index (χ0n) is 7.52. The topological polar surface area (TPSA) is 112 Å². The minimum absolute atomic E-state index is 0.909. The maximum Gasteiger partial charge on any atom is 0.186 e. The van der Waals surface area contributed by atoms with E-state index in [1.165, 1.54) is 7.11 Å². The van der Waals surface area contributed by atoms with E-state index in [0.717, 1.165) is 6.21 Å². The number of nitrogens with zero attached hydrogens (tertiary/aromatic N) is 1. The van der Waals surface area contributed by atoms with Gasteiger partial charge in [0.25, 0.3) is 0 Å². The first-order valence-electron chi connectivity index (χ1n) is 4.01. The monoisotopic (exact) mass is 207 g/mol. The van der Waals surface area contributed by atoms with E-state index in [1.54, 1.807) is 0 Å². The molecule has 5 unspecified atom stereocenters. The highest BCUT2D eigenvalue weighted by molar-refractivity contribution is 5.63. The fraction of sp³-hybridized carbons (Fsp3) is 0.857. The van der Waals surface area contributed by atoms with Crippen LogP contribution in [0.3, 0.4) is 0 Å². The number of ether oxygens (including phenoxy) is 2. The molecular weight excluding hydrogens is 194 g/mol. The first-order valence-corrected chi connectivity index (χ1v) is 4.01. The van der Waals surface area contributed by atoms with Crippen LogP contribution in [0.2, 0.25) is 0 Å². The Morgan fingerprint density at radius 3 is 2.36 bits per heavy atom. The van der Waals surface area contributed by atoms with Gasteiger partial charge < -0.3 is 30.0 Å². The highest BCUT2D eigenvalue weighted by Gasteiger charge is 2.43. The molecule has 7 heteroatoms. The van der Waals surface area contributed by atoms with Gasteiger partial charge in [-0.1, -0.05) is 5.16 Å². The third-order valence-electron chi connectivity index (χ3n) is 2.05. The highest BCUT2D eigenvalue weighted by atomic mass is 16.7. The molecule has 0 aromatic rings. The van der Waals surface area contributed by atoms with Crippen LogP contribution in [-0.2, 0) is 9.47 Å². The average molecular weight is 207 g/mol. The lowest BCUT2D eigenvalue weighted by Gasteiger charge is -2.37.